The van der Waals surface area contributed by atoms with E-state index in [0.29, 0.717) is 6.41 Å². The third-order valence-corrected chi connectivity index (χ3v) is 2.05. The van der Waals surface area contributed by atoms with E-state index in [1.165, 1.54) is 0 Å². The van der Waals surface area contributed by atoms with Gasteiger partial charge in [0.1, 0.15) is 0 Å². The Morgan fingerprint density at radius 1 is 1.56 bits per heavy atom. The van der Waals surface area contributed by atoms with Crippen LogP contribution in [0.1, 0.15) is 6.92 Å². The molecule has 0 atom stereocenters. The van der Waals surface area contributed by atoms with Crippen LogP contribution in [-0.4, -0.2) is 31.9 Å². The first kappa shape index (κ1) is 8.42. The van der Waals surface area contributed by atoms with Crippen LogP contribution in [-0.2, 0) is 14.8 Å². The fourth-order valence-electron chi connectivity index (χ4n) is 0.387. The van der Waals surface area contributed by atoms with Crippen LogP contribution in [0.15, 0.2) is 0 Å². The number of rotatable bonds is 3. The van der Waals surface area contributed by atoms with Crippen molar-refractivity contribution in [2.24, 2.45) is 0 Å². The molecule has 0 bridgehead atoms. The van der Waals surface area contributed by atoms with Gasteiger partial charge in [0.2, 0.25) is 16.4 Å². The van der Waals surface area contributed by atoms with Crippen LogP contribution >= 0.6 is 0 Å². The molecule has 1 amide bonds. The van der Waals surface area contributed by atoms with Crippen molar-refractivity contribution in [2.45, 2.75) is 6.92 Å². The maximum atomic E-state index is 10.5. The summed E-state index contributed by atoms with van der Waals surface area (Å²) >= 11 is 0. The molecule has 0 saturated carbocycles. The second-order valence-corrected chi connectivity index (χ2v) is 3.51. The summed E-state index contributed by atoms with van der Waals surface area (Å²) in [6.45, 7) is 1.79. The van der Waals surface area contributed by atoms with Crippen LogP contribution in [0.2, 0.25) is 0 Å². The predicted molar refractivity (Wildman–Crippen MR) is 33.3 cm³/mol. The minimum absolute atomic E-state index is 0.197. The highest BCUT2D eigenvalue weighted by molar-refractivity contribution is 7.88. The molecule has 0 spiro atoms. The van der Waals surface area contributed by atoms with Crippen molar-refractivity contribution in [1.29, 1.82) is 0 Å². The Labute approximate surface area is 54.5 Å². The van der Waals surface area contributed by atoms with Gasteiger partial charge < -0.3 is 0 Å². The van der Waals surface area contributed by atoms with Crippen molar-refractivity contribution in [3.63, 3.8) is 0 Å². The van der Waals surface area contributed by atoms with Crippen molar-refractivity contribution in [3.8, 4) is 0 Å². The van der Waals surface area contributed by atoms with E-state index < -0.39 is 10.0 Å². The van der Waals surface area contributed by atoms with Gasteiger partial charge in [0, 0.05) is 6.54 Å². The van der Waals surface area contributed by atoms with Crippen molar-refractivity contribution in [2.75, 3.05) is 12.8 Å². The molecule has 4 nitrogen and oxygen atoms in total. The molecule has 0 aliphatic rings. The molecule has 0 aliphatic heterocycles. The minimum atomic E-state index is -3.30. The highest BCUT2D eigenvalue weighted by Crippen LogP contribution is 1.90. The van der Waals surface area contributed by atoms with Crippen LogP contribution < -0.4 is 0 Å². The van der Waals surface area contributed by atoms with E-state index in [0.717, 1.165) is 10.6 Å². The van der Waals surface area contributed by atoms with E-state index in [2.05, 4.69) is 0 Å². The Kier molecular flexibility index (Phi) is 2.64. The van der Waals surface area contributed by atoms with E-state index >= 15 is 0 Å². The number of carbonyl (C=O) groups excluding carboxylic acids is 1. The lowest BCUT2D eigenvalue weighted by atomic mass is 10.8. The SMILES string of the molecule is CCN(C=O)S(C)(=O)=O. The van der Waals surface area contributed by atoms with Crippen molar-refractivity contribution >= 4 is 16.4 Å². The van der Waals surface area contributed by atoms with Gasteiger partial charge in [-0.15, -0.1) is 0 Å². The third-order valence-electron chi connectivity index (χ3n) is 0.855. The first-order valence-electron chi connectivity index (χ1n) is 2.44. The Hall–Kier alpha value is -0.580. The molecule has 0 fully saturated rings. The quantitative estimate of drug-likeness (QED) is 0.507. The van der Waals surface area contributed by atoms with Gasteiger partial charge in [0.25, 0.3) is 0 Å². The topological polar surface area (TPSA) is 54.5 Å². The minimum Gasteiger partial charge on any atom is -0.278 e. The lowest BCUT2D eigenvalue weighted by Gasteiger charge is -2.09. The molecule has 0 saturated heterocycles. The van der Waals surface area contributed by atoms with Crippen molar-refractivity contribution in [3.05, 3.63) is 0 Å². The monoisotopic (exact) mass is 151 g/mol. The number of hydrogen-bond donors (Lipinski definition) is 0. The van der Waals surface area contributed by atoms with Gasteiger partial charge in [-0.3, -0.25) is 4.79 Å². The molecule has 54 valence electrons. The van der Waals surface area contributed by atoms with Gasteiger partial charge >= 0.3 is 0 Å². The zero-order chi connectivity index (χ0) is 7.49. The van der Waals surface area contributed by atoms with Crippen LogP contribution in [0.25, 0.3) is 0 Å². The van der Waals surface area contributed by atoms with Gasteiger partial charge in [-0.25, -0.2) is 12.7 Å². The molecular formula is C4H9NO3S. The lowest BCUT2D eigenvalue weighted by molar-refractivity contribution is -0.113. The summed E-state index contributed by atoms with van der Waals surface area (Å²) in [5.74, 6) is 0. The number of hydrogen-bond acceptors (Lipinski definition) is 3. The average molecular weight is 151 g/mol. The van der Waals surface area contributed by atoms with E-state index in [9.17, 15) is 13.2 Å². The number of amides is 1. The largest absolute Gasteiger partial charge is 0.278 e. The lowest BCUT2D eigenvalue weighted by Crippen LogP contribution is -2.27. The van der Waals surface area contributed by atoms with Gasteiger partial charge in [-0.2, -0.15) is 0 Å². The summed E-state index contributed by atoms with van der Waals surface area (Å²) in [5.41, 5.74) is 0. The smallest absolute Gasteiger partial charge is 0.234 e. The summed E-state index contributed by atoms with van der Waals surface area (Å²) in [5, 5.41) is 0. The summed E-state index contributed by atoms with van der Waals surface area (Å²) < 4.78 is 21.7. The van der Waals surface area contributed by atoms with Crippen LogP contribution in [0, 0.1) is 0 Å². The van der Waals surface area contributed by atoms with Crippen molar-refractivity contribution < 1.29 is 13.2 Å². The number of sulfonamides is 1. The maximum absolute atomic E-state index is 10.5. The van der Waals surface area contributed by atoms with Gasteiger partial charge in [0.15, 0.2) is 0 Å². The van der Waals surface area contributed by atoms with E-state index in [1.54, 1.807) is 6.92 Å². The number of nitrogens with zero attached hydrogens (tertiary/aromatic N) is 1. The molecule has 9 heavy (non-hydrogen) atoms. The van der Waals surface area contributed by atoms with Crippen LogP contribution in [0.3, 0.4) is 0 Å². The summed E-state index contributed by atoms with van der Waals surface area (Å²) in [6.07, 6.45) is 1.29. The molecule has 0 unspecified atom stereocenters. The number of carbonyl (C=O) groups is 1. The predicted octanol–water partition coefficient (Wildman–Crippen LogP) is -0.576. The van der Waals surface area contributed by atoms with Gasteiger partial charge in [0.05, 0.1) is 6.26 Å². The molecule has 0 aromatic carbocycles. The molecule has 0 N–H and O–H groups in total. The molecule has 0 aromatic rings. The zero-order valence-electron chi connectivity index (χ0n) is 5.36. The van der Waals surface area contributed by atoms with E-state index in [-0.39, 0.29) is 6.54 Å². The Balaban J connectivity index is 4.32. The van der Waals surface area contributed by atoms with Crippen LogP contribution in [0.4, 0.5) is 0 Å². The first-order chi connectivity index (χ1) is 4.02. The van der Waals surface area contributed by atoms with Crippen molar-refractivity contribution in [1.82, 2.24) is 4.31 Å². The highest BCUT2D eigenvalue weighted by Gasteiger charge is 2.09. The molecule has 0 radical (unpaired) electrons. The van der Waals surface area contributed by atoms with Gasteiger partial charge in [-0.1, -0.05) is 0 Å². The summed E-state index contributed by atoms with van der Waals surface area (Å²) in [7, 11) is -3.30. The zero-order valence-corrected chi connectivity index (χ0v) is 6.18. The van der Waals surface area contributed by atoms with E-state index in [4.69, 9.17) is 0 Å². The second kappa shape index (κ2) is 2.82. The molecule has 0 rings (SSSR count). The Morgan fingerprint density at radius 3 is 2.00 bits per heavy atom. The molecule has 5 heteroatoms. The fraction of sp³-hybridized carbons (Fsp3) is 0.750. The maximum Gasteiger partial charge on any atom is 0.234 e. The Morgan fingerprint density at radius 2 is 2.00 bits per heavy atom. The fourth-order valence-corrected chi connectivity index (χ4v) is 1.01. The van der Waals surface area contributed by atoms with E-state index in [1.807, 2.05) is 0 Å². The first-order valence-corrected chi connectivity index (χ1v) is 4.29. The average Bonchev–Trinajstić information content (AvgIpc) is 1.65. The summed E-state index contributed by atoms with van der Waals surface area (Å²) in [6, 6.07) is 0. The standard InChI is InChI=1S/C4H9NO3S/c1-3-5(4-6)9(2,7)8/h4H,3H2,1-2H3. The molecule has 0 heterocycles. The summed E-state index contributed by atoms with van der Waals surface area (Å²) in [4.78, 5) is 9.93. The Bertz CT molecular complexity index is 184. The highest BCUT2D eigenvalue weighted by atomic mass is 32.2. The molecule has 0 aliphatic carbocycles. The second-order valence-electron chi connectivity index (χ2n) is 1.57. The van der Waals surface area contributed by atoms with Crippen LogP contribution in [0.5, 0.6) is 0 Å². The molecule has 0 aromatic heterocycles. The molecular weight excluding hydrogens is 142 g/mol. The van der Waals surface area contributed by atoms with Gasteiger partial charge in [-0.05, 0) is 6.92 Å². The normalized spacial score (nSPS) is 10.9. The third kappa shape index (κ3) is 2.46.